The normalized spacial score (nSPS) is 20.2. The molecule has 1 aliphatic rings. The Labute approximate surface area is 163 Å². The van der Waals surface area contributed by atoms with Crippen molar-refractivity contribution in [3.63, 3.8) is 0 Å². The number of hydrogen-bond acceptors (Lipinski definition) is 3. The highest BCUT2D eigenvalue weighted by Crippen LogP contribution is 2.29. The van der Waals surface area contributed by atoms with Crippen molar-refractivity contribution in [2.45, 2.75) is 12.1 Å². The number of benzene rings is 2. The van der Waals surface area contributed by atoms with Gasteiger partial charge in [0, 0.05) is 18.7 Å². The Morgan fingerprint density at radius 1 is 1.12 bits per heavy atom. The van der Waals surface area contributed by atoms with E-state index in [9.17, 15) is 4.79 Å². The molecule has 1 fully saturated rings. The lowest BCUT2D eigenvalue weighted by Gasteiger charge is -2.26. The molecule has 0 unspecified atom stereocenters. The molecule has 1 heterocycles. The molecule has 1 saturated heterocycles. The highest BCUT2D eigenvalue weighted by Gasteiger charge is 2.28. The standard InChI is InChI=1S/C18H18Cl2N2O2.ClH/c19-14-7-6-13(10-15(14)20)17-16(11-21-8-9-24-17)22-18(23)12-4-2-1-3-5-12;/h1-7,10,16-17,21H,8-9,11H2,(H,22,23);1H/t16-,17+;/m1./s1. The van der Waals surface area contributed by atoms with Crippen LogP contribution in [-0.2, 0) is 4.74 Å². The Morgan fingerprint density at radius 3 is 2.60 bits per heavy atom. The molecule has 134 valence electrons. The van der Waals surface area contributed by atoms with Gasteiger partial charge in [-0.25, -0.2) is 0 Å². The molecule has 0 bridgehead atoms. The average molecular weight is 402 g/mol. The Bertz CT molecular complexity index is 713. The van der Waals surface area contributed by atoms with Gasteiger partial charge in [0.05, 0.1) is 22.7 Å². The van der Waals surface area contributed by atoms with Gasteiger partial charge in [0.15, 0.2) is 0 Å². The van der Waals surface area contributed by atoms with Crippen LogP contribution in [0.5, 0.6) is 0 Å². The van der Waals surface area contributed by atoms with Gasteiger partial charge in [0.1, 0.15) is 6.10 Å². The van der Waals surface area contributed by atoms with Gasteiger partial charge in [-0.3, -0.25) is 4.79 Å². The molecule has 25 heavy (non-hydrogen) atoms. The molecule has 2 aromatic rings. The lowest BCUT2D eigenvalue weighted by Crippen LogP contribution is -2.44. The average Bonchev–Trinajstić information content (AvgIpc) is 2.83. The van der Waals surface area contributed by atoms with Gasteiger partial charge in [-0.05, 0) is 29.8 Å². The molecule has 2 atom stereocenters. The summed E-state index contributed by atoms with van der Waals surface area (Å²) >= 11 is 12.1. The summed E-state index contributed by atoms with van der Waals surface area (Å²) in [4.78, 5) is 12.5. The topological polar surface area (TPSA) is 50.4 Å². The number of hydrogen-bond donors (Lipinski definition) is 2. The van der Waals surface area contributed by atoms with E-state index in [1.54, 1.807) is 24.3 Å². The predicted molar refractivity (Wildman–Crippen MR) is 103 cm³/mol. The molecule has 0 spiro atoms. The summed E-state index contributed by atoms with van der Waals surface area (Å²) in [5.41, 5.74) is 1.51. The van der Waals surface area contributed by atoms with E-state index in [2.05, 4.69) is 10.6 Å². The zero-order valence-electron chi connectivity index (χ0n) is 13.4. The molecular weight excluding hydrogens is 383 g/mol. The predicted octanol–water partition coefficient (Wildman–Crippen LogP) is 3.87. The molecule has 4 nitrogen and oxygen atoms in total. The SMILES string of the molecule is Cl.O=C(N[C@@H]1CNCCO[C@H]1c1ccc(Cl)c(Cl)c1)c1ccccc1. The minimum atomic E-state index is -0.289. The number of amides is 1. The summed E-state index contributed by atoms with van der Waals surface area (Å²) < 4.78 is 5.95. The van der Waals surface area contributed by atoms with Crippen molar-refractivity contribution in [2.75, 3.05) is 19.7 Å². The van der Waals surface area contributed by atoms with E-state index in [4.69, 9.17) is 27.9 Å². The van der Waals surface area contributed by atoms with Crippen molar-refractivity contribution >= 4 is 41.5 Å². The summed E-state index contributed by atoms with van der Waals surface area (Å²) in [5.74, 6) is -0.127. The lowest BCUT2D eigenvalue weighted by atomic mass is 10.0. The van der Waals surface area contributed by atoms with Crippen molar-refractivity contribution in [2.24, 2.45) is 0 Å². The quantitative estimate of drug-likeness (QED) is 0.821. The molecule has 1 amide bonds. The van der Waals surface area contributed by atoms with E-state index in [1.807, 2.05) is 24.3 Å². The van der Waals surface area contributed by atoms with Crippen LogP contribution >= 0.6 is 35.6 Å². The fourth-order valence-electron chi connectivity index (χ4n) is 2.72. The molecule has 3 rings (SSSR count). The second-order valence-corrected chi connectivity index (χ2v) is 6.43. The minimum absolute atomic E-state index is 0. The van der Waals surface area contributed by atoms with E-state index >= 15 is 0 Å². The largest absolute Gasteiger partial charge is 0.370 e. The monoisotopic (exact) mass is 400 g/mol. The van der Waals surface area contributed by atoms with Crippen LogP contribution in [0.1, 0.15) is 22.0 Å². The van der Waals surface area contributed by atoms with Crippen LogP contribution in [0.15, 0.2) is 48.5 Å². The molecule has 2 aromatic carbocycles. The summed E-state index contributed by atoms with van der Waals surface area (Å²) in [5, 5.41) is 7.31. The van der Waals surface area contributed by atoms with Crippen molar-refractivity contribution in [1.29, 1.82) is 0 Å². The molecule has 0 aliphatic carbocycles. The maximum absolute atomic E-state index is 12.5. The second-order valence-electron chi connectivity index (χ2n) is 5.62. The Hall–Kier alpha value is -1.30. The summed E-state index contributed by atoms with van der Waals surface area (Å²) in [6, 6.07) is 14.3. The lowest BCUT2D eigenvalue weighted by molar-refractivity contribution is 0.0417. The number of nitrogens with one attached hydrogen (secondary N) is 2. The molecule has 7 heteroatoms. The van der Waals surface area contributed by atoms with Crippen LogP contribution in [0.2, 0.25) is 10.0 Å². The Morgan fingerprint density at radius 2 is 1.88 bits per heavy atom. The Balaban J connectivity index is 0.00000225. The first-order chi connectivity index (χ1) is 11.6. The van der Waals surface area contributed by atoms with Gasteiger partial charge in [0.25, 0.3) is 5.91 Å². The van der Waals surface area contributed by atoms with Gasteiger partial charge >= 0.3 is 0 Å². The summed E-state index contributed by atoms with van der Waals surface area (Å²) in [6.45, 7) is 1.90. The maximum Gasteiger partial charge on any atom is 0.251 e. The molecular formula is C18H19Cl3N2O2. The smallest absolute Gasteiger partial charge is 0.251 e. The molecule has 0 aromatic heterocycles. The van der Waals surface area contributed by atoms with Crippen LogP contribution in [0, 0.1) is 0 Å². The number of rotatable bonds is 3. The van der Waals surface area contributed by atoms with Crippen molar-refractivity contribution in [3.8, 4) is 0 Å². The first kappa shape index (κ1) is 20.0. The van der Waals surface area contributed by atoms with Crippen molar-refractivity contribution in [1.82, 2.24) is 10.6 Å². The van der Waals surface area contributed by atoms with Crippen molar-refractivity contribution in [3.05, 3.63) is 69.7 Å². The molecule has 2 N–H and O–H groups in total. The summed E-state index contributed by atoms with van der Waals surface area (Å²) in [7, 11) is 0. The van der Waals surface area contributed by atoms with Crippen LogP contribution in [0.3, 0.4) is 0 Å². The van der Waals surface area contributed by atoms with E-state index in [-0.39, 0.29) is 30.5 Å². The fraction of sp³-hybridized carbons (Fsp3) is 0.278. The zero-order valence-corrected chi connectivity index (χ0v) is 15.7. The van der Waals surface area contributed by atoms with Crippen molar-refractivity contribution < 1.29 is 9.53 Å². The Kier molecular flexibility index (Phi) is 7.54. The molecule has 1 aliphatic heterocycles. The van der Waals surface area contributed by atoms with E-state index in [0.717, 1.165) is 12.1 Å². The zero-order chi connectivity index (χ0) is 16.9. The first-order valence-corrected chi connectivity index (χ1v) is 8.54. The van der Waals surface area contributed by atoms with Crippen LogP contribution in [-0.4, -0.2) is 31.6 Å². The van der Waals surface area contributed by atoms with E-state index in [1.165, 1.54) is 0 Å². The third-order valence-electron chi connectivity index (χ3n) is 3.93. The first-order valence-electron chi connectivity index (χ1n) is 7.78. The maximum atomic E-state index is 12.5. The van der Waals surface area contributed by atoms with E-state index < -0.39 is 0 Å². The third-order valence-corrected chi connectivity index (χ3v) is 4.67. The van der Waals surface area contributed by atoms with Crippen LogP contribution < -0.4 is 10.6 Å². The fourth-order valence-corrected chi connectivity index (χ4v) is 3.03. The number of carbonyl (C=O) groups excluding carboxylic acids is 1. The van der Waals surface area contributed by atoms with Gasteiger partial charge in [0.2, 0.25) is 0 Å². The van der Waals surface area contributed by atoms with Gasteiger partial charge in [-0.15, -0.1) is 12.4 Å². The van der Waals surface area contributed by atoms with Crippen LogP contribution in [0.4, 0.5) is 0 Å². The van der Waals surface area contributed by atoms with Gasteiger partial charge in [-0.1, -0.05) is 47.5 Å². The highest BCUT2D eigenvalue weighted by molar-refractivity contribution is 6.42. The number of carbonyl (C=O) groups is 1. The summed E-state index contributed by atoms with van der Waals surface area (Å²) in [6.07, 6.45) is -0.289. The van der Waals surface area contributed by atoms with Crippen LogP contribution in [0.25, 0.3) is 0 Å². The number of halogens is 3. The number of ether oxygens (including phenoxy) is 1. The minimum Gasteiger partial charge on any atom is -0.370 e. The molecule has 0 radical (unpaired) electrons. The van der Waals surface area contributed by atoms with E-state index in [0.29, 0.717) is 28.8 Å². The highest BCUT2D eigenvalue weighted by atomic mass is 35.5. The molecule has 0 saturated carbocycles. The van der Waals surface area contributed by atoms with Gasteiger partial charge < -0.3 is 15.4 Å². The third kappa shape index (κ3) is 5.09. The second kappa shape index (κ2) is 9.41. The van der Waals surface area contributed by atoms with Gasteiger partial charge in [-0.2, -0.15) is 0 Å².